The molecule has 0 radical (unpaired) electrons. The molecule has 0 saturated heterocycles. The first-order valence-electron chi connectivity index (χ1n) is 5.68. The minimum atomic E-state index is -0.563. The van der Waals surface area contributed by atoms with Gasteiger partial charge in [-0.05, 0) is 30.4 Å². The van der Waals surface area contributed by atoms with Crippen molar-refractivity contribution in [1.82, 2.24) is 15.0 Å². The van der Waals surface area contributed by atoms with Crippen molar-refractivity contribution in [3.63, 3.8) is 0 Å². The highest BCUT2D eigenvalue weighted by molar-refractivity contribution is 7.71. The minimum Gasteiger partial charge on any atom is -0.494 e. The number of hydrogen-bond donors (Lipinski definition) is 3. The second-order valence-electron chi connectivity index (χ2n) is 4.04. The van der Waals surface area contributed by atoms with E-state index in [9.17, 15) is 14.3 Å². The molecule has 0 amide bonds. The summed E-state index contributed by atoms with van der Waals surface area (Å²) in [5.41, 5.74) is -0.0136. The largest absolute Gasteiger partial charge is 0.494 e. The molecule has 0 aliphatic heterocycles. The van der Waals surface area contributed by atoms with E-state index in [1.165, 1.54) is 29.7 Å². The summed E-state index contributed by atoms with van der Waals surface area (Å²) in [6.45, 7) is 0. The molecule has 0 aliphatic rings. The molecule has 0 unspecified atom stereocenters. The first kappa shape index (κ1) is 13.6. The summed E-state index contributed by atoms with van der Waals surface area (Å²) in [7, 11) is 0. The number of aromatic nitrogens is 3. The van der Waals surface area contributed by atoms with Gasteiger partial charge in [-0.3, -0.25) is 9.78 Å². The lowest BCUT2D eigenvalue weighted by atomic mass is 10.3. The van der Waals surface area contributed by atoms with Gasteiger partial charge in [-0.25, -0.2) is 14.4 Å². The van der Waals surface area contributed by atoms with Crippen LogP contribution in [0.15, 0.2) is 28.0 Å². The monoisotopic (exact) mass is 322 g/mol. The van der Waals surface area contributed by atoms with Crippen LogP contribution in [0.5, 0.6) is 5.88 Å². The number of rotatable bonds is 2. The van der Waals surface area contributed by atoms with E-state index in [-0.39, 0.29) is 22.0 Å². The van der Waals surface area contributed by atoms with E-state index < -0.39 is 5.56 Å². The lowest BCUT2D eigenvalue weighted by Crippen LogP contribution is -2.13. The Morgan fingerprint density at radius 3 is 3.00 bits per heavy atom. The van der Waals surface area contributed by atoms with Gasteiger partial charge in [0.05, 0.1) is 10.2 Å². The van der Waals surface area contributed by atoms with Gasteiger partial charge in [0, 0.05) is 6.21 Å². The molecule has 21 heavy (non-hydrogen) atoms. The summed E-state index contributed by atoms with van der Waals surface area (Å²) in [5, 5.41) is 9.97. The number of H-pyrrole nitrogens is 2. The van der Waals surface area contributed by atoms with Gasteiger partial charge in [-0.2, -0.15) is 0 Å². The molecule has 2 aromatic heterocycles. The van der Waals surface area contributed by atoms with Crippen LogP contribution < -0.4 is 5.56 Å². The fraction of sp³-hybridized carbons (Fsp3) is 0. The summed E-state index contributed by atoms with van der Waals surface area (Å²) >= 11 is 5.89. The van der Waals surface area contributed by atoms with Gasteiger partial charge >= 0.3 is 0 Å². The van der Waals surface area contributed by atoms with Crippen molar-refractivity contribution in [3.8, 4) is 5.88 Å². The molecule has 3 rings (SSSR count). The van der Waals surface area contributed by atoms with Crippen LogP contribution in [0.4, 0.5) is 9.52 Å². The third-order valence-electron chi connectivity index (χ3n) is 2.60. The zero-order valence-corrected chi connectivity index (χ0v) is 11.9. The van der Waals surface area contributed by atoms with E-state index in [0.29, 0.717) is 15.3 Å². The van der Waals surface area contributed by atoms with Crippen LogP contribution in [-0.2, 0) is 0 Å². The highest BCUT2D eigenvalue weighted by Crippen LogP contribution is 2.28. The van der Waals surface area contributed by atoms with E-state index in [1.807, 2.05) is 0 Å². The molecule has 106 valence electrons. The predicted molar refractivity (Wildman–Crippen MR) is 80.7 cm³/mol. The number of hydrogen-bond acceptors (Lipinski definition) is 6. The summed E-state index contributed by atoms with van der Waals surface area (Å²) in [5.74, 6) is -0.731. The Bertz CT molecular complexity index is 973. The average Bonchev–Trinajstić information content (AvgIpc) is 2.79. The molecule has 0 fully saturated rings. The molecule has 2 heterocycles. The minimum absolute atomic E-state index is 0.0186. The van der Waals surface area contributed by atoms with Crippen molar-refractivity contribution in [1.29, 1.82) is 0 Å². The lowest BCUT2D eigenvalue weighted by molar-refractivity contribution is 0.449. The van der Waals surface area contributed by atoms with Crippen molar-refractivity contribution < 1.29 is 9.50 Å². The zero-order chi connectivity index (χ0) is 15.0. The molecule has 1 aromatic carbocycles. The Labute approximate surface area is 125 Å². The number of aliphatic imine (C=N–C) groups is 1. The molecule has 0 aliphatic carbocycles. The van der Waals surface area contributed by atoms with E-state index in [1.54, 1.807) is 6.07 Å². The fourth-order valence-corrected chi connectivity index (χ4v) is 2.69. The molecule has 3 aromatic rings. The molecule has 0 atom stereocenters. The third kappa shape index (κ3) is 2.73. The first-order chi connectivity index (χ1) is 10.0. The molecular formula is C12H7FN4O2S2. The molecule has 3 N–H and O–H groups in total. The molecule has 0 bridgehead atoms. The fourth-order valence-electron chi connectivity index (χ4n) is 1.67. The van der Waals surface area contributed by atoms with Crippen molar-refractivity contribution in [2.24, 2.45) is 4.99 Å². The first-order valence-corrected chi connectivity index (χ1v) is 6.91. The van der Waals surface area contributed by atoms with Gasteiger partial charge in [0.1, 0.15) is 11.4 Å². The average molecular weight is 322 g/mol. The molecule has 9 heteroatoms. The highest BCUT2D eigenvalue weighted by atomic mass is 32.1. The predicted octanol–water partition coefficient (Wildman–Crippen LogP) is 2.64. The van der Waals surface area contributed by atoms with Gasteiger partial charge in [-0.1, -0.05) is 11.3 Å². The van der Waals surface area contributed by atoms with Crippen molar-refractivity contribution in [2.75, 3.05) is 0 Å². The van der Waals surface area contributed by atoms with E-state index in [2.05, 4.69) is 19.9 Å². The van der Waals surface area contributed by atoms with Crippen molar-refractivity contribution in [3.05, 3.63) is 44.7 Å². The maximum absolute atomic E-state index is 13.1. The van der Waals surface area contributed by atoms with Crippen molar-refractivity contribution in [2.45, 2.75) is 0 Å². The Kier molecular flexibility index (Phi) is 3.35. The number of nitrogens with zero attached hydrogens (tertiary/aromatic N) is 2. The van der Waals surface area contributed by atoms with Gasteiger partial charge in [0.15, 0.2) is 4.77 Å². The number of nitrogens with one attached hydrogen (secondary N) is 2. The van der Waals surface area contributed by atoms with Crippen LogP contribution in [0.3, 0.4) is 0 Å². The van der Waals surface area contributed by atoms with Gasteiger partial charge < -0.3 is 10.1 Å². The molecule has 0 saturated carbocycles. The summed E-state index contributed by atoms with van der Waals surface area (Å²) in [4.78, 5) is 24.6. The zero-order valence-electron chi connectivity index (χ0n) is 10.3. The molecular weight excluding hydrogens is 315 g/mol. The third-order valence-corrected chi connectivity index (χ3v) is 3.73. The number of aromatic hydroxyl groups is 1. The summed E-state index contributed by atoms with van der Waals surface area (Å²) in [6, 6.07) is 4.21. The van der Waals surface area contributed by atoms with E-state index in [4.69, 9.17) is 12.2 Å². The number of halogens is 1. The number of thiazole rings is 1. The highest BCUT2D eigenvalue weighted by Gasteiger charge is 2.06. The normalized spacial score (nSPS) is 11.5. The molecule has 0 spiro atoms. The van der Waals surface area contributed by atoms with E-state index in [0.717, 1.165) is 0 Å². The van der Waals surface area contributed by atoms with Gasteiger partial charge in [-0.15, -0.1) is 0 Å². The second-order valence-corrected chi connectivity index (χ2v) is 5.45. The van der Waals surface area contributed by atoms with Gasteiger partial charge in [0.25, 0.3) is 5.56 Å². The summed E-state index contributed by atoms with van der Waals surface area (Å²) < 4.78 is 13.8. The number of fused-ring (bicyclic) bond motifs is 1. The van der Waals surface area contributed by atoms with Crippen LogP contribution in [0.1, 0.15) is 5.56 Å². The Morgan fingerprint density at radius 2 is 2.24 bits per heavy atom. The number of aromatic amines is 2. The smallest absolute Gasteiger partial charge is 0.264 e. The van der Waals surface area contributed by atoms with Crippen LogP contribution in [0.2, 0.25) is 0 Å². The van der Waals surface area contributed by atoms with Crippen LogP contribution in [0.25, 0.3) is 10.2 Å². The Morgan fingerprint density at radius 1 is 1.43 bits per heavy atom. The maximum Gasteiger partial charge on any atom is 0.264 e. The van der Waals surface area contributed by atoms with Crippen molar-refractivity contribution >= 4 is 45.1 Å². The standard InChI is InChI=1S/C12H7FN4O2S2/c13-5-1-2-7-8(3-5)21-12(15-7)14-4-6-9(18)16-11(20)17-10(6)19/h1-4H,(H3,16,17,18,19,20)/b14-4+. The number of benzene rings is 1. The van der Waals surface area contributed by atoms with E-state index >= 15 is 0 Å². The van der Waals surface area contributed by atoms with Gasteiger partial charge in [0.2, 0.25) is 11.0 Å². The quantitative estimate of drug-likeness (QED) is 0.499. The topological polar surface area (TPSA) is 94.1 Å². The lowest BCUT2D eigenvalue weighted by Gasteiger charge is -1.95. The van der Waals surface area contributed by atoms with Crippen LogP contribution in [-0.4, -0.2) is 26.3 Å². The Balaban J connectivity index is 2.02. The van der Waals surface area contributed by atoms with Crippen LogP contribution in [0, 0.1) is 10.6 Å². The SMILES string of the molecule is O=c1[nH]c(=S)[nH]c(O)c1/C=N/c1nc2ccc(F)cc2s1. The van der Waals surface area contributed by atoms with Crippen LogP contribution >= 0.6 is 23.6 Å². The molecule has 6 nitrogen and oxygen atoms in total. The Hall–Kier alpha value is -2.39. The second kappa shape index (κ2) is 5.19. The summed E-state index contributed by atoms with van der Waals surface area (Å²) in [6.07, 6.45) is 1.17. The maximum atomic E-state index is 13.1.